The van der Waals surface area contributed by atoms with Gasteiger partial charge in [-0.15, -0.1) is 0 Å². The summed E-state index contributed by atoms with van der Waals surface area (Å²) in [6, 6.07) is 19.9. The van der Waals surface area contributed by atoms with Crippen molar-refractivity contribution in [1.82, 2.24) is 19.7 Å². The largest absolute Gasteiger partial charge is 0.467 e. The van der Waals surface area contributed by atoms with Gasteiger partial charge in [-0.05, 0) is 42.0 Å². The molecule has 2 aromatic carbocycles. The lowest BCUT2D eigenvalue weighted by atomic mass is 10.1. The van der Waals surface area contributed by atoms with Crippen LogP contribution in [0, 0.1) is 0 Å². The van der Waals surface area contributed by atoms with Crippen molar-refractivity contribution in [3.05, 3.63) is 103 Å². The summed E-state index contributed by atoms with van der Waals surface area (Å²) in [6.45, 7) is 0.647. The quantitative estimate of drug-likeness (QED) is 0.477. The maximum atomic E-state index is 13.2. The molecule has 1 N–H and O–H groups in total. The predicted octanol–water partition coefficient (Wildman–Crippen LogP) is 3.20. The van der Waals surface area contributed by atoms with Gasteiger partial charge < -0.3 is 14.6 Å². The highest BCUT2D eigenvalue weighted by Crippen LogP contribution is 2.13. The summed E-state index contributed by atoms with van der Waals surface area (Å²) < 4.78 is 7.09. The van der Waals surface area contributed by atoms with Gasteiger partial charge in [-0.3, -0.25) is 9.59 Å². The van der Waals surface area contributed by atoms with E-state index in [4.69, 9.17) is 4.42 Å². The third kappa shape index (κ3) is 5.45. The summed E-state index contributed by atoms with van der Waals surface area (Å²) in [4.78, 5) is 31.1. The third-order valence-electron chi connectivity index (χ3n) is 4.62. The van der Waals surface area contributed by atoms with Crippen LogP contribution in [-0.2, 0) is 17.9 Å². The second kappa shape index (κ2) is 9.53. The lowest BCUT2D eigenvalue weighted by molar-refractivity contribution is -0.117. The van der Waals surface area contributed by atoms with Crippen molar-refractivity contribution in [2.75, 3.05) is 11.9 Å². The summed E-state index contributed by atoms with van der Waals surface area (Å²) in [5.41, 5.74) is 2.15. The molecular weight excluding hydrogens is 394 g/mol. The molecule has 8 nitrogen and oxygen atoms in total. The molecule has 0 atom stereocenters. The van der Waals surface area contributed by atoms with E-state index in [1.807, 2.05) is 30.3 Å². The van der Waals surface area contributed by atoms with E-state index in [0.29, 0.717) is 23.6 Å². The van der Waals surface area contributed by atoms with E-state index in [2.05, 4.69) is 15.4 Å². The highest BCUT2D eigenvalue weighted by molar-refractivity contribution is 5.99. The molecule has 156 valence electrons. The molecule has 2 amide bonds. The molecule has 0 aliphatic heterocycles. The molecule has 0 saturated carbocycles. The Labute approximate surface area is 179 Å². The van der Waals surface area contributed by atoms with E-state index in [0.717, 1.165) is 5.56 Å². The van der Waals surface area contributed by atoms with Crippen molar-refractivity contribution < 1.29 is 14.0 Å². The lowest BCUT2D eigenvalue weighted by Crippen LogP contribution is -2.37. The van der Waals surface area contributed by atoms with Gasteiger partial charge in [0.2, 0.25) is 5.91 Å². The van der Waals surface area contributed by atoms with Crippen LogP contribution in [0.3, 0.4) is 0 Å². The molecule has 0 unspecified atom stereocenters. The maximum absolute atomic E-state index is 13.2. The molecule has 4 aromatic rings. The van der Waals surface area contributed by atoms with Crippen molar-refractivity contribution in [1.29, 1.82) is 0 Å². The zero-order valence-electron chi connectivity index (χ0n) is 16.7. The molecule has 0 radical (unpaired) electrons. The average Bonchev–Trinajstić information content (AvgIpc) is 3.48. The van der Waals surface area contributed by atoms with Crippen molar-refractivity contribution >= 4 is 17.5 Å². The van der Waals surface area contributed by atoms with Gasteiger partial charge >= 0.3 is 0 Å². The number of furan rings is 1. The first kappa shape index (κ1) is 20.1. The zero-order chi connectivity index (χ0) is 21.5. The first-order chi connectivity index (χ1) is 15.2. The number of nitrogens with one attached hydrogen (secondary N) is 1. The van der Waals surface area contributed by atoms with Gasteiger partial charge in [0.15, 0.2) is 0 Å². The summed E-state index contributed by atoms with van der Waals surface area (Å²) >= 11 is 0. The number of carbonyl (C=O) groups excluding carboxylic acids is 2. The first-order valence-electron chi connectivity index (χ1n) is 9.75. The van der Waals surface area contributed by atoms with Gasteiger partial charge in [0, 0.05) is 11.3 Å². The number of anilines is 1. The van der Waals surface area contributed by atoms with Crippen LogP contribution in [-0.4, -0.2) is 38.0 Å². The van der Waals surface area contributed by atoms with Gasteiger partial charge in [0.05, 0.1) is 19.4 Å². The second-order valence-electron chi connectivity index (χ2n) is 6.94. The normalized spacial score (nSPS) is 10.6. The predicted molar refractivity (Wildman–Crippen MR) is 114 cm³/mol. The van der Waals surface area contributed by atoms with E-state index >= 15 is 0 Å². The van der Waals surface area contributed by atoms with Crippen LogP contribution in [0.15, 0.2) is 90.1 Å². The molecule has 0 fully saturated rings. The third-order valence-corrected chi connectivity index (χ3v) is 4.62. The number of nitrogens with zero attached hydrogens (tertiary/aromatic N) is 4. The number of hydrogen-bond donors (Lipinski definition) is 1. The minimum Gasteiger partial charge on any atom is -0.467 e. The minimum atomic E-state index is -0.283. The lowest BCUT2D eigenvalue weighted by Gasteiger charge is -2.21. The molecule has 0 saturated heterocycles. The van der Waals surface area contributed by atoms with E-state index in [1.54, 1.807) is 53.7 Å². The SMILES string of the molecule is O=C(CN(Cc1ccco1)C(=O)c1ccc(Cn2cncn2)cc1)Nc1ccccc1. The van der Waals surface area contributed by atoms with Crippen LogP contribution in [0.25, 0.3) is 0 Å². The highest BCUT2D eigenvalue weighted by Gasteiger charge is 2.20. The molecular formula is C23H21N5O3. The smallest absolute Gasteiger partial charge is 0.254 e. The number of hydrogen-bond acceptors (Lipinski definition) is 5. The van der Waals surface area contributed by atoms with Gasteiger partial charge in [0.1, 0.15) is 25.0 Å². The van der Waals surface area contributed by atoms with Crippen molar-refractivity contribution in [2.24, 2.45) is 0 Å². The molecule has 2 aromatic heterocycles. The van der Waals surface area contributed by atoms with Crippen molar-refractivity contribution in [2.45, 2.75) is 13.1 Å². The average molecular weight is 415 g/mol. The Morgan fingerprint density at radius 1 is 1.00 bits per heavy atom. The Morgan fingerprint density at radius 2 is 1.81 bits per heavy atom. The number of para-hydroxylation sites is 1. The Bertz CT molecular complexity index is 1110. The van der Waals surface area contributed by atoms with E-state index in [1.165, 1.54) is 11.2 Å². The topological polar surface area (TPSA) is 93.3 Å². The molecule has 2 heterocycles. The monoisotopic (exact) mass is 415 g/mol. The first-order valence-corrected chi connectivity index (χ1v) is 9.75. The number of benzene rings is 2. The van der Waals surface area contributed by atoms with Crippen LogP contribution in [0.4, 0.5) is 5.69 Å². The summed E-state index contributed by atoms with van der Waals surface area (Å²) in [6.07, 6.45) is 4.65. The number of amides is 2. The standard InChI is InChI=1S/C23H21N5O3/c29-22(26-20-5-2-1-3-6-20)15-27(14-21-7-4-12-31-21)23(30)19-10-8-18(9-11-19)13-28-17-24-16-25-28/h1-12,16-17H,13-15H2,(H,26,29). The Kier molecular flexibility index (Phi) is 6.18. The molecule has 0 aliphatic carbocycles. The highest BCUT2D eigenvalue weighted by atomic mass is 16.3. The van der Waals surface area contributed by atoms with E-state index in [9.17, 15) is 9.59 Å². The van der Waals surface area contributed by atoms with Crippen LogP contribution in [0.2, 0.25) is 0 Å². The number of carbonyl (C=O) groups is 2. The molecule has 31 heavy (non-hydrogen) atoms. The molecule has 0 bridgehead atoms. The molecule has 0 spiro atoms. The van der Waals surface area contributed by atoms with Gasteiger partial charge in [0.25, 0.3) is 5.91 Å². The van der Waals surface area contributed by atoms with Gasteiger partial charge in [-0.1, -0.05) is 30.3 Å². The summed E-state index contributed by atoms with van der Waals surface area (Å²) in [7, 11) is 0. The van der Waals surface area contributed by atoms with Crippen molar-refractivity contribution in [3.8, 4) is 0 Å². The summed E-state index contributed by atoms with van der Waals surface area (Å²) in [5.74, 6) is 0.0597. The molecule has 0 aliphatic rings. The van der Waals surface area contributed by atoms with Gasteiger partial charge in [-0.2, -0.15) is 5.10 Å². The van der Waals surface area contributed by atoms with Crippen LogP contribution in [0.1, 0.15) is 21.7 Å². The summed E-state index contributed by atoms with van der Waals surface area (Å²) in [5, 5.41) is 6.89. The zero-order valence-corrected chi connectivity index (χ0v) is 16.7. The fraction of sp³-hybridized carbons (Fsp3) is 0.130. The second-order valence-corrected chi connectivity index (χ2v) is 6.94. The Morgan fingerprint density at radius 3 is 2.48 bits per heavy atom. The Balaban J connectivity index is 1.47. The molecule has 8 heteroatoms. The van der Waals surface area contributed by atoms with E-state index < -0.39 is 0 Å². The van der Waals surface area contributed by atoms with Gasteiger partial charge in [-0.25, -0.2) is 9.67 Å². The van der Waals surface area contributed by atoms with E-state index in [-0.39, 0.29) is 24.9 Å². The van der Waals surface area contributed by atoms with Crippen LogP contribution >= 0.6 is 0 Å². The fourth-order valence-electron chi connectivity index (χ4n) is 3.12. The fourth-order valence-corrected chi connectivity index (χ4v) is 3.12. The number of rotatable bonds is 8. The minimum absolute atomic E-state index is 0.102. The Hall–Kier alpha value is -4.20. The van der Waals surface area contributed by atoms with Crippen LogP contribution < -0.4 is 5.32 Å². The number of aromatic nitrogens is 3. The molecule has 4 rings (SSSR count). The van der Waals surface area contributed by atoms with Crippen molar-refractivity contribution in [3.63, 3.8) is 0 Å². The van der Waals surface area contributed by atoms with Crippen LogP contribution in [0.5, 0.6) is 0 Å². The maximum Gasteiger partial charge on any atom is 0.254 e.